The molecule has 1 heterocycles. The molecule has 0 aliphatic carbocycles. The van der Waals surface area contributed by atoms with Crippen molar-refractivity contribution in [3.63, 3.8) is 0 Å². The van der Waals surface area contributed by atoms with Gasteiger partial charge >= 0.3 is 0 Å². The smallest absolute Gasteiger partial charge is 0.284 e. The van der Waals surface area contributed by atoms with E-state index in [4.69, 9.17) is 10.9 Å². The maximum absolute atomic E-state index is 11.1. The number of nitrogens with zero attached hydrogens (tertiary/aromatic N) is 4. The van der Waals surface area contributed by atoms with Crippen LogP contribution in [0.1, 0.15) is 5.56 Å². The maximum Gasteiger partial charge on any atom is 0.284 e. The molecule has 20 heavy (non-hydrogen) atoms. The number of benzene rings is 1. The number of nitro groups is 1. The van der Waals surface area contributed by atoms with E-state index in [1.807, 2.05) is 0 Å². The Balaban J connectivity index is 2.41. The summed E-state index contributed by atoms with van der Waals surface area (Å²) in [6.45, 7) is 0. The highest BCUT2D eigenvalue weighted by Crippen LogP contribution is 2.33. The van der Waals surface area contributed by atoms with Crippen molar-refractivity contribution in [1.29, 1.82) is 0 Å². The predicted octanol–water partition coefficient (Wildman–Crippen LogP) is 1.63. The predicted molar refractivity (Wildman–Crippen MR) is 71.8 cm³/mol. The quantitative estimate of drug-likeness (QED) is 0.288. The van der Waals surface area contributed by atoms with Gasteiger partial charge in [0.1, 0.15) is 5.03 Å². The molecular formula is C11H9N5O3S. The molecule has 1 aromatic carbocycles. The number of oxime groups is 1. The molecule has 3 N–H and O–H groups in total. The van der Waals surface area contributed by atoms with E-state index in [0.717, 1.165) is 11.8 Å². The second kappa shape index (κ2) is 5.97. The Hall–Kier alpha value is -2.68. The molecule has 0 spiro atoms. The van der Waals surface area contributed by atoms with E-state index < -0.39 is 4.92 Å². The first-order valence-corrected chi connectivity index (χ1v) is 6.13. The molecule has 0 aliphatic heterocycles. The van der Waals surface area contributed by atoms with E-state index >= 15 is 0 Å². The molecule has 0 aliphatic rings. The molecule has 0 atom stereocenters. The van der Waals surface area contributed by atoms with Gasteiger partial charge in [0.25, 0.3) is 5.69 Å². The van der Waals surface area contributed by atoms with E-state index in [-0.39, 0.29) is 17.1 Å². The lowest BCUT2D eigenvalue weighted by molar-refractivity contribution is -0.387. The zero-order chi connectivity index (χ0) is 14.5. The van der Waals surface area contributed by atoms with Gasteiger partial charge in [-0.1, -0.05) is 16.9 Å². The molecule has 8 nitrogen and oxygen atoms in total. The second-order valence-electron chi connectivity index (χ2n) is 3.57. The molecule has 0 fully saturated rings. The molecule has 0 bridgehead atoms. The van der Waals surface area contributed by atoms with Crippen LogP contribution in [0.2, 0.25) is 0 Å². The minimum atomic E-state index is -0.535. The lowest BCUT2D eigenvalue weighted by atomic mass is 10.2. The molecule has 0 radical (unpaired) electrons. The van der Waals surface area contributed by atoms with Gasteiger partial charge < -0.3 is 10.9 Å². The van der Waals surface area contributed by atoms with Crippen LogP contribution < -0.4 is 5.73 Å². The van der Waals surface area contributed by atoms with Gasteiger partial charge in [-0.3, -0.25) is 15.1 Å². The van der Waals surface area contributed by atoms with Crippen molar-refractivity contribution in [2.24, 2.45) is 10.9 Å². The first-order chi connectivity index (χ1) is 9.61. The summed E-state index contributed by atoms with van der Waals surface area (Å²) in [4.78, 5) is 18.9. The summed E-state index contributed by atoms with van der Waals surface area (Å²) in [6, 6.07) is 4.29. The number of hydrogen-bond acceptors (Lipinski definition) is 7. The van der Waals surface area contributed by atoms with Gasteiger partial charge in [-0.2, -0.15) is 0 Å². The minimum Gasteiger partial charge on any atom is -0.409 e. The van der Waals surface area contributed by atoms with Crippen LogP contribution in [0.15, 0.2) is 51.9 Å². The fraction of sp³-hybridized carbons (Fsp3) is 0. The zero-order valence-corrected chi connectivity index (χ0v) is 10.8. The SMILES string of the molecule is NC(=NO)c1ccc(Sc2cnccn2)c([N+](=O)[O-])c1. The monoisotopic (exact) mass is 291 g/mol. The lowest BCUT2D eigenvalue weighted by Crippen LogP contribution is -2.13. The summed E-state index contributed by atoms with van der Waals surface area (Å²) >= 11 is 1.11. The minimum absolute atomic E-state index is 0.148. The highest BCUT2D eigenvalue weighted by Gasteiger charge is 2.17. The summed E-state index contributed by atoms with van der Waals surface area (Å²) in [7, 11) is 0. The molecule has 102 valence electrons. The Kier molecular flexibility index (Phi) is 4.11. The van der Waals surface area contributed by atoms with E-state index in [9.17, 15) is 10.1 Å². The highest BCUT2D eigenvalue weighted by molar-refractivity contribution is 7.99. The molecule has 0 saturated carbocycles. The molecule has 1 aromatic heterocycles. The van der Waals surface area contributed by atoms with Crippen LogP contribution in [0.3, 0.4) is 0 Å². The van der Waals surface area contributed by atoms with E-state index in [0.29, 0.717) is 9.92 Å². The van der Waals surface area contributed by atoms with Gasteiger partial charge in [0, 0.05) is 24.0 Å². The maximum atomic E-state index is 11.1. The average Bonchev–Trinajstić information content (AvgIpc) is 2.47. The summed E-state index contributed by atoms with van der Waals surface area (Å²) < 4.78 is 0. The van der Waals surface area contributed by atoms with Crippen molar-refractivity contribution in [2.45, 2.75) is 9.92 Å². The van der Waals surface area contributed by atoms with Crippen molar-refractivity contribution >= 4 is 23.3 Å². The molecule has 0 unspecified atom stereocenters. The van der Waals surface area contributed by atoms with Gasteiger partial charge in [-0.05, 0) is 12.1 Å². The third-order valence-electron chi connectivity index (χ3n) is 2.31. The molecular weight excluding hydrogens is 282 g/mol. The fourth-order valence-corrected chi connectivity index (χ4v) is 2.24. The Labute approximate surface area is 117 Å². The second-order valence-corrected chi connectivity index (χ2v) is 4.63. The van der Waals surface area contributed by atoms with Crippen LogP contribution in [0.5, 0.6) is 0 Å². The Morgan fingerprint density at radius 1 is 1.45 bits per heavy atom. The van der Waals surface area contributed by atoms with Crippen molar-refractivity contribution in [3.8, 4) is 0 Å². The number of aromatic nitrogens is 2. The van der Waals surface area contributed by atoms with Crippen LogP contribution >= 0.6 is 11.8 Å². The zero-order valence-electron chi connectivity index (χ0n) is 10.0. The van der Waals surface area contributed by atoms with Crippen molar-refractivity contribution < 1.29 is 10.1 Å². The van der Waals surface area contributed by atoms with Crippen LogP contribution in [0, 0.1) is 10.1 Å². The molecule has 0 amide bonds. The van der Waals surface area contributed by atoms with E-state index in [1.54, 1.807) is 0 Å². The Bertz CT molecular complexity index is 662. The molecule has 2 rings (SSSR count). The number of hydrogen-bond donors (Lipinski definition) is 2. The highest BCUT2D eigenvalue weighted by atomic mass is 32.2. The summed E-state index contributed by atoms with van der Waals surface area (Å²) in [5, 5.41) is 23.0. The summed E-state index contributed by atoms with van der Waals surface area (Å²) in [6.07, 6.45) is 4.52. The Morgan fingerprint density at radius 3 is 2.85 bits per heavy atom. The van der Waals surface area contributed by atoms with Crippen molar-refractivity contribution in [1.82, 2.24) is 9.97 Å². The van der Waals surface area contributed by atoms with E-state index in [1.165, 1.54) is 36.8 Å². The van der Waals surface area contributed by atoms with Gasteiger partial charge in [-0.15, -0.1) is 0 Å². The standard InChI is InChI=1S/C11H9N5O3S/c12-11(15-17)7-1-2-9(8(5-7)16(18)19)20-10-6-13-3-4-14-10/h1-6,17H,(H2,12,15). The average molecular weight is 291 g/mol. The summed E-state index contributed by atoms with van der Waals surface area (Å²) in [5.41, 5.74) is 5.53. The van der Waals surface area contributed by atoms with Crippen LogP contribution in [-0.2, 0) is 0 Å². The number of nitrogens with two attached hydrogens (primary N) is 1. The van der Waals surface area contributed by atoms with Crippen LogP contribution in [-0.4, -0.2) is 25.9 Å². The van der Waals surface area contributed by atoms with Crippen molar-refractivity contribution in [2.75, 3.05) is 0 Å². The first-order valence-electron chi connectivity index (χ1n) is 5.32. The third-order valence-corrected chi connectivity index (χ3v) is 3.30. The third kappa shape index (κ3) is 3.01. The molecule has 2 aromatic rings. The van der Waals surface area contributed by atoms with Crippen LogP contribution in [0.4, 0.5) is 5.69 Å². The topological polar surface area (TPSA) is 128 Å². The summed E-state index contributed by atoms with van der Waals surface area (Å²) in [5.74, 6) is -0.191. The van der Waals surface area contributed by atoms with Gasteiger partial charge in [0.2, 0.25) is 0 Å². The van der Waals surface area contributed by atoms with Gasteiger partial charge in [0.05, 0.1) is 16.0 Å². The van der Waals surface area contributed by atoms with E-state index in [2.05, 4.69) is 15.1 Å². The molecule has 9 heteroatoms. The normalized spacial score (nSPS) is 11.3. The largest absolute Gasteiger partial charge is 0.409 e. The molecule has 0 saturated heterocycles. The Morgan fingerprint density at radius 2 is 2.25 bits per heavy atom. The van der Waals surface area contributed by atoms with Gasteiger partial charge in [0.15, 0.2) is 5.84 Å². The van der Waals surface area contributed by atoms with Gasteiger partial charge in [-0.25, -0.2) is 4.98 Å². The fourth-order valence-electron chi connectivity index (χ4n) is 1.41. The number of nitro benzene ring substituents is 1. The lowest BCUT2D eigenvalue weighted by Gasteiger charge is -2.04. The number of rotatable bonds is 4. The first kappa shape index (κ1) is 13.7. The van der Waals surface area contributed by atoms with Crippen molar-refractivity contribution in [3.05, 3.63) is 52.5 Å². The number of amidine groups is 1. The van der Waals surface area contributed by atoms with Crippen LogP contribution in [0.25, 0.3) is 0 Å².